The molecule has 1 aromatic heterocycles. The zero-order valence-corrected chi connectivity index (χ0v) is 19.5. The Bertz CT molecular complexity index is 1470. The summed E-state index contributed by atoms with van der Waals surface area (Å²) in [5.74, 6) is -0.183. The van der Waals surface area contributed by atoms with E-state index in [2.05, 4.69) is 21.2 Å². The van der Waals surface area contributed by atoms with Crippen LogP contribution < -0.4 is 5.32 Å². The van der Waals surface area contributed by atoms with Gasteiger partial charge in [0.25, 0.3) is 5.91 Å². The van der Waals surface area contributed by atoms with E-state index in [0.717, 1.165) is 43.8 Å². The Morgan fingerprint density at radius 3 is 1.94 bits per heavy atom. The first-order chi connectivity index (χ1) is 16.1. The largest absolute Gasteiger partial charge is 0.322 e. The SMILES string of the molecule is Cc1cc(Br)ccc1NC(=O)c1ccc2nc(-c3ccccc3)c(-c3ccccc3)nc2c1. The number of anilines is 1. The second-order valence-corrected chi connectivity index (χ2v) is 8.69. The fraction of sp³-hybridized carbons (Fsp3) is 0.0357. The summed E-state index contributed by atoms with van der Waals surface area (Å²) in [5.41, 5.74) is 7.29. The van der Waals surface area contributed by atoms with Crippen molar-refractivity contribution in [1.29, 1.82) is 0 Å². The molecule has 0 fully saturated rings. The van der Waals surface area contributed by atoms with Gasteiger partial charge in [0, 0.05) is 26.9 Å². The Morgan fingerprint density at radius 2 is 1.33 bits per heavy atom. The molecule has 0 atom stereocenters. The maximum Gasteiger partial charge on any atom is 0.255 e. The molecular formula is C28H20BrN3O. The number of halogens is 1. The fourth-order valence-electron chi connectivity index (χ4n) is 3.75. The van der Waals surface area contributed by atoms with Crippen LogP contribution >= 0.6 is 15.9 Å². The molecule has 0 aliphatic carbocycles. The van der Waals surface area contributed by atoms with Gasteiger partial charge in [0.05, 0.1) is 22.4 Å². The molecular weight excluding hydrogens is 474 g/mol. The lowest BCUT2D eigenvalue weighted by Crippen LogP contribution is -2.13. The van der Waals surface area contributed by atoms with E-state index in [-0.39, 0.29) is 5.91 Å². The van der Waals surface area contributed by atoms with Crippen LogP contribution in [0.1, 0.15) is 15.9 Å². The van der Waals surface area contributed by atoms with Gasteiger partial charge in [-0.3, -0.25) is 4.79 Å². The van der Waals surface area contributed by atoms with Gasteiger partial charge in [0.2, 0.25) is 0 Å². The molecule has 160 valence electrons. The molecule has 5 heteroatoms. The number of hydrogen-bond acceptors (Lipinski definition) is 3. The molecule has 1 amide bonds. The standard InChI is InChI=1S/C28H20BrN3O/c1-18-16-22(29)13-15-23(18)32-28(33)21-12-14-24-25(17-21)31-27(20-10-6-3-7-11-20)26(30-24)19-8-4-2-5-9-19/h2-17H,1H3,(H,32,33). The van der Waals surface area contributed by atoms with Crippen molar-refractivity contribution < 1.29 is 4.79 Å². The fourth-order valence-corrected chi connectivity index (χ4v) is 4.23. The lowest BCUT2D eigenvalue weighted by Gasteiger charge is -2.12. The Hall–Kier alpha value is -3.83. The highest BCUT2D eigenvalue weighted by molar-refractivity contribution is 9.10. The quantitative estimate of drug-likeness (QED) is 0.286. The molecule has 5 aromatic rings. The minimum atomic E-state index is -0.183. The Kier molecular flexibility index (Phi) is 5.71. The number of aryl methyl sites for hydroxylation is 1. The number of amides is 1. The van der Waals surface area contributed by atoms with Gasteiger partial charge in [0.1, 0.15) is 0 Å². The average Bonchev–Trinajstić information content (AvgIpc) is 2.85. The minimum Gasteiger partial charge on any atom is -0.322 e. The van der Waals surface area contributed by atoms with Crippen molar-refractivity contribution in [1.82, 2.24) is 9.97 Å². The van der Waals surface area contributed by atoms with E-state index in [4.69, 9.17) is 9.97 Å². The molecule has 1 N–H and O–H groups in total. The van der Waals surface area contributed by atoms with E-state index >= 15 is 0 Å². The van der Waals surface area contributed by atoms with Gasteiger partial charge in [-0.05, 0) is 48.9 Å². The maximum absolute atomic E-state index is 13.0. The summed E-state index contributed by atoms with van der Waals surface area (Å²) in [7, 11) is 0. The van der Waals surface area contributed by atoms with Crippen LogP contribution in [-0.2, 0) is 0 Å². The summed E-state index contributed by atoms with van der Waals surface area (Å²) < 4.78 is 0.974. The molecule has 0 bridgehead atoms. The van der Waals surface area contributed by atoms with Crippen LogP contribution in [0.4, 0.5) is 5.69 Å². The lowest BCUT2D eigenvalue weighted by atomic mass is 10.0. The van der Waals surface area contributed by atoms with Gasteiger partial charge in [-0.1, -0.05) is 76.6 Å². The third-order valence-electron chi connectivity index (χ3n) is 5.46. The molecule has 4 nitrogen and oxygen atoms in total. The molecule has 0 aliphatic rings. The molecule has 0 saturated heterocycles. The number of benzene rings is 4. The van der Waals surface area contributed by atoms with Crippen LogP contribution in [0.5, 0.6) is 0 Å². The molecule has 0 spiro atoms. The summed E-state index contributed by atoms with van der Waals surface area (Å²) in [5, 5.41) is 2.99. The number of rotatable bonds is 4. The van der Waals surface area contributed by atoms with Gasteiger partial charge in [-0.2, -0.15) is 0 Å². The minimum absolute atomic E-state index is 0.183. The Morgan fingerprint density at radius 1 is 0.727 bits per heavy atom. The van der Waals surface area contributed by atoms with Crippen molar-refractivity contribution in [2.24, 2.45) is 0 Å². The van der Waals surface area contributed by atoms with Crippen LogP contribution in [0.25, 0.3) is 33.5 Å². The number of hydrogen-bond donors (Lipinski definition) is 1. The van der Waals surface area contributed by atoms with Crippen LogP contribution in [0.3, 0.4) is 0 Å². The first-order valence-corrected chi connectivity index (χ1v) is 11.4. The third-order valence-corrected chi connectivity index (χ3v) is 5.95. The van der Waals surface area contributed by atoms with Crippen LogP contribution in [0.15, 0.2) is 102 Å². The Balaban J connectivity index is 1.59. The van der Waals surface area contributed by atoms with Gasteiger partial charge in [-0.15, -0.1) is 0 Å². The summed E-state index contributed by atoms with van der Waals surface area (Å²) >= 11 is 3.46. The number of fused-ring (bicyclic) bond motifs is 1. The molecule has 0 saturated carbocycles. The number of nitrogens with zero attached hydrogens (tertiary/aromatic N) is 2. The van der Waals surface area contributed by atoms with E-state index in [9.17, 15) is 4.79 Å². The zero-order valence-electron chi connectivity index (χ0n) is 17.9. The first kappa shape index (κ1) is 21.0. The van der Waals surface area contributed by atoms with E-state index < -0.39 is 0 Å². The van der Waals surface area contributed by atoms with Crippen molar-refractivity contribution in [2.75, 3.05) is 5.32 Å². The van der Waals surface area contributed by atoms with Gasteiger partial charge in [0.15, 0.2) is 0 Å². The van der Waals surface area contributed by atoms with Gasteiger partial charge in [-0.25, -0.2) is 9.97 Å². The van der Waals surface area contributed by atoms with Crippen LogP contribution in [-0.4, -0.2) is 15.9 Å². The molecule has 0 radical (unpaired) electrons. The lowest BCUT2D eigenvalue weighted by molar-refractivity contribution is 0.102. The van der Waals surface area contributed by atoms with E-state index in [1.807, 2.05) is 91.9 Å². The van der Waals surface area contributed by atoms with Crippen molar-refractivity contribution in [2.45, 2.75) is 6.92 Å². The third kappa shape index (κ3) is 4.41. The van der Waals surface area contributed by atoms with Crippen molar-refractivity contribution in [3.05, 3.63) is 113 Å². The highest BCUT2D eigenvalue weighted by atomic mass is 79.9. The molecule has 0 unspecified atom stereocenters. The van der Waals surface area contributed by atoms with E-state index in [1.165, 1.54) is 0 Å². The highest BCUT2D eigenvalue weighted by Crippen LogP contribution is 2.31. The zero-order chi connectivity index (χ0) is 22.8. The molecule has 1 heterocycles. The van der Waals surface area contributed by atoms with Gasteiger partial charge >= 0.3 is 0 Å². The predicted molar refractivity (Wildman–Crippen MR) is 137 cm³/mol. The maximum atomic E-state index is 13.0. The second-order valence-electron chi connectivity index (χ2n) is 7.77. The molecule has 4 aromatic carbocycles. The van der Waals surface area contributed by atoms with E-state index in [0.29, 0.717) is 11.1 Å². The Labute approximate surface area is 200 Å². The average molecular weight is 494 g/mol. The molecule has 0 aliphatic heterocycles. The predicted octanol–water partition coefficient (Wildman–Crippen LogP) is 7.29. The second kappa shape index (κ2) is 8.96. The van der Waals surface area contributed by atoms with Crippen LogP contribution in [0.2, 0.25) is 0 Å². The van der Waals surface area contributed by atoms with E-state index in [1.54, 1.807) is 12.1 Å². The highest BCUT2D eigenvalue weighted by Gasteiger charge is 2.15. The monoisotopic (exact) mass is 493 g/mol. The summed E-state index contributed by atoms with van der Waals surface area (Å²) in [6.45, 7) is 1.96. The van der Waals surface area contributed by atoms with Gasteiger partial charge < -0.3 is 5.32 Å². The molecule has 33 heavy (non-hydrogen) atoms. The summed E-state index contributed by atoms with van der Waals surface area (Å²) in [4.78, 5) is 22.9. The summed E-state index contributed by atoms with van der Waals surface area (Å²) in [6.07, 6.45) is 0. The smallest absolute Gasteiger partial charge is 0.255 e. The molecule has 5 rings (SSSR count). The number of aromatic nitrogens is 2. The van der Waals surface area contributed by atoms with Crippen LogP contribution in [0, 0.1) is 6.92 Å². The summed E-state index contributed by atoms with van der Waals surface area (Å²) in [6, 6.07) is 31.2. The normalized spacial score (nSPS) is 10.8. The van der Waals surface area contributed by atoms with Crippen molar-refractivity contribution in [3.63, 3.8) is 0 Å². The van der Waals surface area contributed by atoms with Crippen molar-refractivity contribution in [3.8, 4) is 22.5 Å². The number of carbonyl (C=O) groups excluding carboxylic acids is 1. The first-order valence-electron chi connectivity index (χ1n) is 10.6. The number of carbonyl (C=O) groups is 1. The topological polar surface area (TPSA) is 54.9 Å². The number of nitrogens with one attached hydrogen (secondary N) is 1. The van der Waals surface area contributed by atoms with Crippen molar-refractivity contribution >= 4 is 38.6 Å².